The molecule has 2 rings (SSSR count). The van der Waals surface area contributed by atoms with Crippen LogP contribution in [0.15, 0.2) is 36.7 Å². The molecule has 2 aromatic rings. The van der Waals surface area contributed by atoms with E-state index in [1.165, 1.54) is 101 Å². The fraction of sp³-hybridized carbons (Fsp3) is 0.643. The van der Waals surface area contributed by atoms with E-state index >= 15 is 0 Å². The minimum Gasteiger partial charge on any atom is -0.334 e. The first-order valence-electron chi connectivity index (χ1n) is 13.0. The van der Waals surface area contributed by atoms with E-state index in [0.717, 1.165) is 13.1 Å². The van der Waals surface area contributed by atoms with E-state index in [1.807, 2.05) is 26.0 Å². The largest absolute Gasteiger partial charge is 0.334 e. The van der Waals surface area contributed by atoms with Gasteiger partial charge in [-0.15, -0.1) is 67.9 Å². The third-order valence-corrected chi connectivity index (χ3v) is 6.43. The summed E-state index contributed by atoms with van der Waals surface area (Å²) in [6.45, 7) is 6.06. The highest BCUT2D eigenvalue weighted by atomic mass is 79.9. The van der Waals surface area contributed by atoms with Gasteiger partial charge in [0.15, 0.2) is 0 Å². The van der Waals surface area contributed by atoms with Crippen molar-refractivity contribution < 1.29 is 0 Å². The number of nitrogens with zero attached hydrogens (tertiary/aromatic N) is 2. The predicted molar refractivity (Wildman–Crippen MR) is 176 cm³/mol. The fourth-order valence-corrected chi connectivity index (χ4v) is 4.34. The Morgan fingerprint density at radius 1 is 0.472 bits per heavy atom. The zero-order valence-corrected chi connectivity index (χ0v) is 29.2. The van der Waals surface area contributed by atoms with Crippen LogP contribution >= 0.6 is 67.9 Å². The molecule has 8 heteroatoms. The lowest BCUT2D eigenvalue weighted by Gasteiger charge is -2.08. The highest BCUT2D eigenvalue weighted by molar-refractivity contribution is 8.93. The van der Waals surface area contributed by atoms with E-state index in [2.05, 4.69) is 33.7 Å². The van der Waals surface area contributed by atoms with Gasteiger partial charge in [-0.05, 0) is 62.1 Å². The molecular formula is C28H50Br4N4. The zero-order chi connectivity index (χ0) is 23.0. The summed E-state index contributed by atoms with van der Waals surface area (Å²) in [6.07, 6.45) is 22.8. The molecule has 0 atom stereocenters. The second-order valence-electron chi connectivity index (χ2n) is 9.52. The van der Waals surface area contributed by atoms with Gasteiger partial charge in [-0.25, -0.2) is 0 Å². The van der Waals surface area contributed by atoms with Crippen molar-refractivity contribution in [2.75, 3.05) is 0 Å². The van der Waals surface area contributed by atoms with Gasteiger partial charge in [0.2, 0.25) is 0 Å². The van der Waals surface area contributed by atoms with E-state index in [4.69, 9.17) is 10.8 Å². The van der Waals surface area contributed by atoms with Gasteiger partial charge < -0.3 is 9.13 Å². The Bertz CT molecular complexity index is 822. The Labute approximate surface area is 261 Å². The van der Waals surface area contributed by atoms with Crippen molar-refractivity contribution in [1.29, 1.82) is 10.8 Å². The fourth-order valence-electron chi connectivity index (χ4n) is 4.34. The normalized spacial score (nSPS) is 9.94. The second-order valence-corrected chi connectivity index (χ2v) is 9.52. The second kappa shape index (κ2) is 25.1. The predicted octanol–water partition coefficient (Wildman–Crippen LogP) is 9.34. The van der Waals surface area contributed by atoms with E-state index in [0.29, 0.717) is 11.0 Å². The first-order chi connectivity index (χ1) is 15.6. The first kappa shape index (κ1) is 40.3. The quantitative estimate of drug-likeness (QED) is 0.151. The van der Waals surface area contributed by atoms with Crippen molar-refractivity contribution in [3.05, 3.63) is 58.8 Å². The number of rotatable bonds is 17. The Morgan fingerprint density at radius 2 is 0.722 bits per heavy atom. The molecule has 4 nitrogen and oxygen atoms in total. The summed E-state index contributed by atoms with van der Waals surface area (Å²) in [5.74, 6) is 0. The molecule has 0 saturated carbocycles. The molecule has 0 aliphatic heterocycles. The topological polar surface area (TPSA) is 57.6 Å². The average molecular weight is 762 g/mol. The van der Waals surface area contributed by atoms with Crippen LogP contribution in [0.25, 0.3) is 0 Å². The summed E-state index contributed by atoms with van der Waals surface area (Å²) in [6, 6.07) is 8.08. The molecular weight excluding hydrogens is 712 g/mol. The van der Waals surface area contributed by atoms with Crippen LogP contribution in [0.3, 0.4) is 0 Å². The van der Waals surface area contributed by atoms with Crippen molar-refractivity contribution in [3.8, 4) is 0 Å². The molecule has 210 valence electrons. The number of aromatic nitrogens is 2. The van der Waals surface area contributed by atoms with Crippen LogP contribution in [0.1, 0.15) is 101 Å². The zero-order valence-electron chi connectivity index (χ0n) is 22.3. The monoisotopic (exact) mass is 758 g/mol. The standard InChI is InChI=1S/C28H46N4.4BrH/c1-25-17-21-31(27(29)23-25)19-15-13-11-9-7-5-3-4-6-8-10-12-14-16-20-32-22-18-26(2)24-28(32)30;;;;/h17-18,21-24,29-30H,3-16,19-20H2,1-2H3;4*1H. The van der Waals surface area contributed by atoms with Crippen LogP contribution in [-0.2, 0) is 13.1 Å². The van der Waals surface area contributed by atoms with Crippen LogP contribution < -0.4 is 11.0 Å². The van der Waals surface area contributed by atoms with Crippen molar-refractivity contribution >= 4 is 67.9 Å². The summed E-state index contributed by atoms with van der Waals surface area (Å²) >= 11 is 0. The lowest BCUT2D eigenvalue weighted by molar-refractivity contribution is 0.511. The highest BCUT2D eigenvalue weighted by Gasteiger charge is 1.97. The molecule has 2 heterocycles. The number of nitrogens with one attached hydrogen (secondary N) is 2. The van der Waals surface area contributed by atoms with Crippen LogP contribution in [0.4, 0.5) is 0 Å². The lowest BCUT2D eigenvalue weighted by atomic mass is 10.0. The van der Waals surface area contributed by atoms with Crippen LogP contribution in [-0.4, -0.2) is 9.13 Å². The number of hydrogen-bond donors (Lipinski definition) is 2. The molecule has 2 aromatic heterocycles. The molecule has 0 fully saturated rings. The number of aryl methyl sites for hydroxylation is 4. The van der Waals surface area contributed by atoms with Crippen molar-refractivity contribution in [2.45, 2.75) is 117 Å². The summed E-state index contributed by atoms with van der Waals surface area (Å²) in [7, 11) is 0. The number of unbranched alkanes of at least 4 members (excludes halogenated alkanes) is 13. The van der Waals surface area contributed by atoms with Gasteiger partial charge in [-0.1, -0.05) is 77.0 Å². The lowest BCUT2D eigenvalue weighted by Crippen LogP contribution is -2.18. The number of hydrogen-bond acceptors (Lipinski definition) is 2. The van der Waals surface area contributed by atoms with Gasteiger partial charge in [0, 0.05) is 25.5 Å². The Hall–Kier alpha value is -0.180. The van der Waals surface area contributed by atoms with Gasteiger partial charge in [0.1, 0.15) is 11.0 Å². The van der Waals surface area contributed by atoms with Crippen LogP contribution in [0.2, 0.25) is 0 Å². The third-order valence-electron chi connectivity index (χ3n) is 6.43. The maximum atomic E-state index is 8.00. The molecule has 0 radical (unpaired) electrons. The smallest absolute Gasteiger partial charge is 0.124 e. The highest BCUT2D eigenvalue weighted by Crippen LogP contribution is 2.13. The van der Waals surface area contributed by atoms with E-state index < -0.39 is 0 Å². The van der Waals surface area contributed by atoms with Gasteiger partial charge in [-0.3, -0.25) is 10.8 Å². The van der Waals surface area contributed by atoms with Crippen molar-refractivity contribution in [1.82, 2.24) is 9.13 Å². The maximum Gasteiger partial charge on any atom is 0.124 e. The summed E-state index contributed by atoms with van der Waals surface area (Å²) < 4.78 is 4.12. The minimum absolute atomic E-state index is 0. The Morgan fingerprint density at radius 3 is 0.972 bits per heavy atom. The van der Waals surface area contributed by atoms with Gasteiger partial charge >= 0.3 is 0 Å². The summed E-state index contributed by atoms with van der Waals surface area (Å²) in [5, 5.41) is 16.0. The van der Waals surface area contributed by atoms with E-state index in [1.54, 1.807) is 0 Å². The van der Waals surface area contributed by atoms with E-state index in [9.17, 15) is 0 Å². The van der Waals surface area contributed by atoms with Gasteiger partial charge in [-0.2, -0.15) is 0 Å². The van der Waals surface area contributed by atoms with Crippen LogP contribution in [0.5, 0.6) is 0 Å². The SMILES string of the molecule is Br.Br.Br.Br.Cc1ccn(CCCCCCCCCCCCCCCCn2ccc(C)cc2=N)c(=N)c1. The molecule has 0 aliphatic rings. The maximum absolute atomic E-state index is 8.00. The molecule has 0 unspecified atom stereocenters. The summed E-state index contributed by atoms with van der Waals surface area (Å²) in [4.78, 5) is 0. The molecule has 0 saturated heterocycles. The third kappa shape index (κ3) is 18.1. The first-order valence-corrected chi connectivity index (χ1v) is 13.0. The Kier molecular flexibility index (Phi) is 28.1. The van der Waals surface area contributed by atoms with Gasteiger partial charge in [0.25, 0.3) is 0 Å². The number of halogens is 4. The molecule has 0 aliphatic carbocycles. The summed E-state index contributed by atoms with van der Waals surface area (Å²) in [5.41, 5.74) is 3.61. The number of pyridine rings is 2. The van der Waals surface area contributed by atoms with Crippen molar-refractivity contribution in [2.24, 2.45) is 0 Å². The van der Waals surface area contributed by atoms with E-state index in [-0.39, 0.29) is 67.9 Å². The molecule has 0 spiro atoms. The molecule has 0 amide bonds. The minimum atomic E-state index is 0. The van der Waals surface area contributed by atoms with Crippen molar-refractivity contribution in [3.63, 3.8) is 0 Å². The Balaban J connectivity index is -0.00000272. The van der Waals surface area contributed by atoms with Gasteiger partial charge in [0.05, 0.1) is 0 Å². The molecule has 0 bridgehead atoms. The van der Waals surface area contributed by atoms with Crippen LogP contribution in [0, 0.1) is 24.7 Å². The molecule has 36 heavy (non-hydrogen) atoms. The molecule has 2 N–H and O–H groups in total. The molecule has 0 aromatic carbocycles. The average Bonchev–Trinajstić information content (AvgIpc) is 2.76.